The van der Waals surface area contributed by atoms with Gasteiger partial charge in [-0.05, 0) is 24.3 Å². The topological polar surface area (TPSA) is 132 Å². The van der Waals surface area contributed by atoms with Crippen LogP contribution in [0.4, 0.5) is 11.4 Å². The number of aliphatic carboxylic acids is 2. The molecule has 0 aliphatic carbocycles. The van der Waals surface area contributed by atoms with Crippen LogP contribution in [0.3, 0.4) is 0 Å². The largest absolute Gasteiger partial charge is 2.00 e. The molecule has 0 unspecified atom stereocenters. The Morgan fingerprint density at radius 3 is 1.00 bits per heavy atom. The van der Waals surface area contributed by atoms with E-state index in [4.69, 9.17) is 31.3 Å². The molecule has 7 heteroatoms. The van der Waals surface area contributed by atoms with Crippen LogP contribution in [0.5, 0.6) is 0 Å². The summed E-state index contributed by atoms with van der Waals surface area (Å²) in [6, 6.07) is 19.0. The molecule has 2 aromatic rings. The molecular weight excluding hydrogens is 316 g/mol. The van der Waals surface area contributed by atoms with Crippen molar-refractivity contribution >= 4 is 23.3 Å². The number of nitrogen functional groups attached to an aromatic ring is 2. The molecule has 2 aromatic carbocycles. The average Bonchev–Trinajstić information content (AvgIpc) is 2.42. The third kappa shape index (κ3) is 13.7. The smallest absolute Gasteiger partial charge is 0.543 e. The molecule has 0 aromatic heterocycles. The number of rotatable bonds is 0. The van der Waals surface area contributed by atoms with Gasteiger partial charge in [-0.25, -0.2) is 0 Å². The van der Waals surface area contributed by atoms with E-state index in [1.54, 1.807) is 0 Å². The minimum atomic E-state index is -2.19. The molecule has 0 fully saturated rings. The van der Waals surface area contributed by atoms with Crippen LogP contribution in [0.2, 0.25) is 0 Å². The van der Waals surface area contributed by atoms with Crippen molar-refractivity contribution in [1.82, 2.24) is 0 Å². The zero-order chi connectivity index (χ0) is 15.4. The standard InChI is InChI=1S/2C6H7N.C2H2O4.Fe/c2*7-6-4-2-1-3-5-6;3-1(4)2(5)6;/h2*1-5H,7H2;(H,3,4)(H,5,6);/q;;;+2/p-2. The van der Waals surface area contributed by atoms with E-state index in [2.05, 4.69) is 0 Å². The molecule has 0 atom stereocenters. The van der Waals surface area contributed by atoms with Crippen LogP contribution in [0.15, 0.2) is 60.7 Å². The molecule has 6 nitrogen and oxygen atoms in total. The van der Waals surface area contributed by atoms with Gasteiger partial charge in [0.1, 0.15) is 0 Å². The van der Waals surface area contributed by atoms with Crippen molar-refractivity contribution in [3.8, 4) is 0 Å². The molecule has 0 amide bonds. The van der Waals surface area contributed by atoms with Crippen molar-refractivity contribution in [2.45, 2.75) is 0 Å². The maximum absolute atomic E-state index is 8.93. The summed E-state index contributed by atoms with van der Waals surface area (Å²) in [5.41, 5.74) is 12.4. The van der Waals surface area contributed by atoms with Crippen LogP contribution in [0.1, 0.15) is 0 Å². The van der Waals surface area contributed by atoms with Crippen LogP contribution in [-0.4, -0.2) is 11.9 Å². The van der Waals surface area contributed by atoms with E-state index in [9.17, 15) is 0 Å². The summed E-state index contributed by atoms with van der Waals surface area (Å²) in [6.45, 7) is 0. The predicted octanol–water partition coefficient (Wildman–Crippen LogP) is -0.979. The molecule has 0 aliphatic rings. The van der Waals surface area contributed by atoms with E-state index in [0.29, 0.717) is 0 Å². The molecule has 112 valence electrons. The fourth-order valence-electron chi connectivity index (χ4n) is 0.906. The van der Waals surface area contributed by atoms with E-state index >= 15 is 0 Å². The van der Waals surface area contributed by atoms with Gasteiger partial charge in [-0.15, -0.1) is 0 Å². The Hall–Kier alpha value is -2.50. The summed E-state index contributed by atoms with van der Waals surface area (Å²) in [4.78, 5) is 17.9. The third-order valence-corrected chi connectivity index (χ3v) is 1.77. The van der Waals surface area contributed by atoms with Crippen LogP contribution >= 0.6 is 0 Å². The maximum Gasteiger partial charge on any atom is 2.00 e. The number of carboxylic acids is 2. The monoisotopic (exact) mass is 330 g/mol. The molecule has 21 heavy (non-hydrogen) atoms. The zero-order valence-electron chi connectivity index (χ0n) is 10.9. The number of benzene rings is 2. The normalized spacial score (nSPS) is 7.81. The number of hydrogen-bond donors (Lipinski definition) is 2. The van der Waals surface area contributed by atoms with Crippen molar-refractivity contribution in [1.29, 1.82) is 0 Å². The SMILES string of the molecule is Nc1ccccc1.Nc1ccccc1.O=C([O-])C(=O)[O-].[Fe+2]. The molecule has 4 N–H and O–H groups in total. The Bertz CT molecular complexity index is 472. The second-order valence-corrected chi connectivity index (χ2v) is 3.40. The van der Waals surface area contributed by atoms with Gasteiger partial charge in [-0.1, -0.05) is 36.4 Å². The third-order valence-electron chi connectivity index (χ3n) is 1.77. The number of anilines is 2. The summed E-state index contributed by atoms with van der Waals surface area (Å²) in [7, 11) is 0. The fraction of sp³-hybridized carbons (Fsp3) is 0. The predicted molar refractivity (Wildman–Crippen MR) is 71.7 cm³/mol. The van der Waals surface area contributed by atoms with Gasteiger partial charge in [0, 0.05) is 11.4 Å². The number of carbonyl (C=O) groups excluding carboxylic acids is 2. The molecule has 0 radical (unpaired) electrons. The van der Waals surface area contributed by atoms with E-state index in [1.165, 1.54) is 0 Å². The first kappa shape index (κ1) is 20.8. The van der Waals surface area contributed by atoms with E-state index in [-0.39, 0.29) is 17.1 Å². The molecule has 0 bridgehead atoms. The Morgan fingerprint density at radius 2 is 0.905 bits per heavy atom. The number of para-hydroxylation sites is 2. The first-order chi connectivity index (χ1) is 9.43. The summed E-state index contributed by atoms with van der Waals surface area (Å²) in [5.74, 6) is -4.37. The van der Waals surface area contributed by atoms with Crippen LogP contribution in [0, 0.1) is 0 Å². The van der Waals surface area contributed by atoms with E-state index in [0.717, 1.165) is 11.4 Å². The van der Waals surface area contributed by atoms with E-state index in [1.807, 2.05) is 60.7 Å². The van der Waals surface area contributed by atoms with Gasteiger partial charge in [0.15, 0.2) is 0 Å². The van der Waals surface area contributed by atoms with Gasteiger partial charge in [-0.3, -0.25) is 0 Å². The zero-order valence-corrected chi connectivity index (χ0v) is 12.0. The summed E-state index contributed by atoms with van der Waals surface area (Å²) < 4.78 is 0. The first-order valence-corrected chi connectivity index (χ1v) is 5.47. The Kier molecular flexibility index (Phi) is 12.4. The molecule has 0 spiro atoms. The molecule has 0 heterocycles. The van der Waals surface area contributed by atoms with E-state index < -0.39 is 11.9 Å². The van der Waals surface area contributed by atoms with Crippen molar-refractivity contribution < 1.29 is 36.9 Å². The molecule has 0 saturated carbocycles. The van der Waals surface area contributed by atoms with Gasteiger partial charge < -0.3 is 31.3 Å². The average molecular weight is 330 g/mol. The molecular formula is C14H14FeN2O4. The second-order valence-electron chi connectivity index (χ2n) is 3.40. The van der Waals surface area contributed by atoms with Crippen molar-refractivity contribution in [3.63, 3.8) is 0 Å². The first-order valence-electron chi connectivity index (χ1n) is 5.47. The van der Waals surface area contributed by atoms with Gasteiger partial charge in [0.25, 0.3) is 0 Å². The minimum absolute atomic E-state index is 0. The summed E-state index contributed by atoms with van der Waals surface area (Å²) in [6.07, 6.45) is 0. The van der Waals surface area contributed by atoms with Gasteiger partial charge >= 0.3 is 17.1 Å². The number of carboxylic acid groups (broad SMARTS) is 2. The number of nitrogens with two attached hydrogens (primary N) is 2. The Morgan fingerprint density at radius 1 is 0.667 bits per heavy atom. The molecule has 0 aliphatic heterocycles. The molecule has 2 rings (SSSR count). The van der Waals surface area contributed by atoms with Crippen LogP contribution < -0.4 is 21.7 Å². The summed E-state index contributed by atoms with van der Waals surface area (Å²) in [5, 5.41) is 17.9. The quantitative estimate of drug-likeness (QED) is 0.362. The fourth-order valence-corrected chi connectivity index (χ4v) is 0.906. The van der Waals surface area contributed by atoms with Crippen molar-refractivity contribution in [2.24, 2.45) is 0 Å². The Labute approximate surface area is 132 Å². The van der Waals surface area contributed by atoms with Crippen molar-refractivity contribution in [2.75, 3.05) is 11.5 Å². The van der Waals surface area contributed by atoms with Gasteiger partial charge in [0.2, 0.25) is 0 Å². The van der Waals surface area contributed by atoms with Crippen LogP contribution in [-0.2, 0) is 26.7 Å². The molecule has 0 saturated heterocycles. The second kappa shape index (κ2) is 12.5. The Balaban J connectivity index is 0. The minimum Gasteiger partial charge on any atom is -0.543 e. The van der Waals surface area contributed by atoms with Crippen LogP contribution in [0.25, 0.3) is 0 Å². The number of carbonyl (C=O) groups is 2. The summed E-state index contributed by atoms with van der Waals surface area (Å²) >= 11 is 0. The van der Waals surface area contributed by atoms with Gasteiger partial charge in [0.05, 0.1) is 11.9 Å². The van der Waals surface area contributed by atoms with Crippen molar-refractivity contribution in [3.05, 3.63) is 60.7 Å². The van der Waals surface area contributed by atoms with Gasteiger partial charge in [-0.2, -0.15) is 0 Å². The number of hydrogen-bond acceptors (Lipinski definition) is 6. The maximum atomic E-state index is 8.93.